The average Bonchev–Trinajstić information content (AvgIpc) is 2.97. The maximum absolute atomic E-state index is 12.0. The van der Waals surface area contributed by atoms with Crippen molar-refractivity contribution in [2.45, 2.75) is 71.8 Å². The summed E-state index contributed by atoms with van der Waals surface area (Å²) in [5.41, 5.74) is 1.59. The van der Waals surface area contributed by atoms with Crippen molar-refractivity contribution >= 4 is 18.0 Å². The Morgan fingerprint density at radius 3 is 2.64 bits per heavy atom. The monoisotopic (exact) mass is 386 g/mol. The van der Waals surface area contributed by atoms with Crippen molar-refractivity contribution in [2.75, 3.05) is 0 Å². The summed E-state index contributed by atoms with van der Waals surface area (Å²) < 4.78 is 5.89. The van der Waals surface area contributed by atoms with E-state index in [1.807, 2.05) is 6.08 Å². The van der Waals surface area contributed by atoms with Crippen molar-refractivity contribution in [3.8, 4) is 0 Å². The fourth-order valence-corrected chi connectivity index (χ4v) is 7.28. The number of hydrogen-bond acceptors (Lipinski definition) is 5. The molecule has 4 aliphatic carbocycles. The summed E-state index contributed by atoms with van der Waals surface area (Å²) in [5, 5.41) is 10.3. The summed E-state index contributed by atoms with van der Waals surface area (Å²) in [6, 6.07) is 0. The molecule has 6 atom stereocenters. The Balaban J connectivity index is 1.80. The minimum atomic E-state index is -0.325. The van der Waals surface area contributed by atoms with E-state index in [1.165, 1.54) is 12.5 Å². The zero-order valence-electron chi connectivity index (χ0n) is 17.0. The number of ether oxygens (including phenoxy) is 1. The molecule has 0 radical (unpaired) electrons. The third-order valence-corrected chi connectivity index (χ3v) is 8.40. The molecule has 152 valence electrons. The van der Waals surface area contributed by atoms with E-state index >= 15 is 0 Å². The number of fused-ring (bicyclic) bond motifs is 5. The first-order valence-electron chi connectivity index (χ1n) is 10.5. The summed E-state index contributed by atoms with van der Waals surface area (Å²) >= 11 is 0. The normalized spacial score (nSPS) is 44.0. The van der Waals surface area contributed by atoms with E-state index in [0.29, 0.717) is 31.0 Å². The van der Waals surface area contributed by atoms with Gasteiger partial charge in [0.2, 0.25) is 0 Å². The molecule has 3 saturated carbocycles. The van der Waals surface area contributed by atoms with E-state index in [9.17, 15) is 19.5 Å². The molecule has 0 amide bonds. The van der Waals surface area contributed by atoms with Crippen molar-refractivity contribution in [1.82, 2.24) is 0 Å². The molecule has 0 spiro atoms. The van der Waals surface area contributed by atoms with Gasteiger partial charge in [0.05, 0.1) is 0 Å². The number of hydrogen-bond donors (Lipinski definition) is 1. The summed E-state index contributed by atoms with van der Waals surface area (Å²) in [6.45, 7) is 5.82. The van der Waals surface area contributed by atoms with E-state index in [1.54, 1.807) is 0 Å². The number of aldehydes is 1. The lowest BCUT2D eigenvalue weighted by molar-refractivity contribution is -0.170. The Hall–Kier alpha value is -1.91. The molecule has 5 heteroatoms. The molecule has 28 heavy (non-hydrogen) atoms. The van der Waals surface area contributed by atoms with Gasteiger partial charge in [-0.25, -0.2) is 0 Å². The van der Waals surface area contributed by atoms with Gasteiger partial charge in [-0.2, -0.15) is 0 Å². The van der Waals surface area contributed by atoms with Gasteiger partial charge in [0, 0.05) is 19.3 Å². The summed E-state index contributed by atoms with van der Waals surface area (Å²) in [6.07, 6.45) is 7.65. The van der Waals surface area contributed by atoms with Crippen LogP contribution >= 0.6 is 0 Å². The maximum atomic E-state index is 12.0. The predicted octanol–water partition coefficient (Wildman–Crippen LogP) is 4.07. The maximum Gasteiger partial charge on any atom is 0.302 e. The van der Waals surface area contributed by atoms with E-state index < -0.39 is 0 Å². The molecule has 0 bridgehead atoms. The van der Waals surface area contributed by atoms with Crippen LogP contribution in [0.1, 0.15) is 65.7 Å². The number of aliphatic hydroxyl groups excluding tert-OH is 1. The van der Waals surface area contributed by atoms with Crippen molar-refractivity contribution in [2.24, 2.45) is 28.6 Å². The second-order valence-electron chi connectivity index (χ2n) is 9.68. The number of esters is 1. The molecular weight excluding hydrogens is 356 g/mol. The highest BCUT2D eigenvalue weighted by atomic mass is 16.5. The van der Waals surface area contributed by atoms with E-state index in [4.69, 9.17) is 4.74 Å². The first-order valence-corrected chi connectivity index (χ1v) is 10.5. The van der Waals surface area contributed by atoms with Gasteiger partial charge in [0.25, 0.3) is 0 Å². The Bertz CT molecular complexity index is 793. The molecule has 0 aliphatic heterocycles. The quantitative estimate of drug-likeness (QED) is 0.335. The van der Waals surface area contributed by atoms with Gasteiger partial charge in [-0.15, -0.1) is 0 Å². The highest BCUT2D eigenvalue weighted by Gasteiger charge is 2.62. The van der Waals surface area contributed by atoms with Crippen LogP contribution in [0.3, 0.4) is 0 Å². The fourth-order valence-electron chi connectivity index (χ4n) is 7.28. The van der Waals surface area contributed by atoms with Crippen LogP contribution in [0.25, 0.3) is 0 Å². The molecule has 0 aromatic heterocycles. The van der Waals surface area contributed by atoms with Gasteiger partial charge in [-0.05, 0) is 72.8 Å². The van der Waals surface area contributed by atoms with Gasteiger partial charge >= 0.3 is 5.97 Å². The largest absolute Gasteiger partial charge is 0.505 e. The summed E-state index contributed by atoms with van der Waals surface area (Å²) in [7, 11) is 0. The molecule has 6 unspecified atom stereocenters. The SMILES string of the molecule is CC(=O)OC1CC2(C)C(=C(O)C=O)CCC2C2CCC3=CC(=O)CCC3(C)C12. The molecule has 0 aromatic carbocycles. The van der Waals surface area contributed by atoms with Crippen LogP contribution in [0.2, 0.25) is 0 Å². The zero-order chi connectivity index (χ0) is 20.3. The Morgan fingerprint density at radius 2 is 1.96 bits per heavy atom. The van der Waals surface area contributed by atoms with Crippen molar-refractivity contribution in [3.05, 3.63) is 23.0 Å². The highest BCUT2D eigenvalue weighted by molar-refractivity contribution is 5.91. The Morgan fingerprint density at radius 1 is 1.21 bits per heavy atom. The van der Waals surface area contributed by atoms with Crippen LogP contribution in [-0.4, -0.2) is 29.2 Å². The van der Waals surface area contributed by atoms with Crippen molar-refractivity contribution in [1.29, 1.82) is 0 Å². The zero-order valence-corrected chi connectivity index (χ0v) is 17.0. The lowest BCUT2D eigenvalue weighted by Gasteiger charge is -2.59. The molecule has 4 rings (SSSR count). The van der Waals surface area contributed by atoms with Crippen LogP contribution < -0.4 is 0 Å². The average molecular weight is 386 g/mol. The first kappa shape index (κ1) is 19.4. The van der Waals surface area contributed by atoms with Gasteiger partial charge in [-0.3, -0.25) is 14.4 Å². The van der Waals surface area contributed by atoms with Crippen molar-refractivity contribution < 1.29 is 24.2 Å². The van der Waals surface area contributed by atoms with Gasteiger partial charge in [-0.1, -0.05) is 19.4 Å². The predicted molar refractivity (Wildman–Crippen MR) is 103 cm³/mol. The summed E-state index contributed by atoms with van der Waals surface area (Å²) in [5.74, 6) is 0.669. The van der Waals surface area contributed by atoms with Gasteiger partial charge in [0.1, 0.15) is 6.10 Å². The highest BCUT2D eigenvalue weighted by Crippen LogP contribution is 2.67. The van der Waals surface area contributed by atoms with E-state index in [-0.39, 0.29) is 40.4 Å². The number of allylic oxidation sites excluding steroid dienone is 3. The number of aliphatic hydroxyl groups is 1. The van der Waals surface area contributed by atoms with E-state index in [0.717, 1.165) is 37.7 Å². The molecule has 5 nitrogen and oxygen atoms in total. The number of rotatable bonds is 2. The lowest BCUT2D eigenvalue weighted by Crippen LogP contribution is -2.56. The van der Waals surface area contributed by atoms with Crippen LogP contribution in [0.5, 0.6) is 0 Å². The second kappa shape index (κ2) is 6.57. The standard InChI is InChI=1S/C23H30O5/c1-13(25)28-20-11-23(3)17(6-7-18(23)19(27)12-24)16-5-4-14-10-15(26)8-9-22(14,2)21(16)20/h10,12,16-17,20-21,27H,4-9,11H2,1-3H3. The molecule has 1 N–H and O–H groups in total. The Kier molecular flexibility index (Phi) is 4.55. The minimum absolute atomic E-state index is 0.128. The van der Waals surface area contributed by atoms with Crippen LogP contribution in [0.4, 0.5) is 0 Å². The lowest BCUT2D eigenvalue weighted by atomic mass is 9.46. The Labute approximate surface area is 166 Å². The first-order chi connectivity index (χ1) is 13.2. The number of ketones is 1. The second-order valence-corrected chi connectivity index (χ2v) is 9.68. The third kappa shape index (κ3) is 2.69. The minimum Gasteiger partial charge on any atom is -0.505 e. The topological polar surface area (TPSA) is 80.7 Å². The smallest absolute Gasteiger partial charge is 0.302 e. The molecule has 0 heterocycles. The third-order valence-electron chi connectivity index (χ3n) is 8.40. The van der Waals surface area contributed by atoms with E-state index in [2.05, 4.69) is 13.8 Å². The fraction of sp³-hybridized carbons (Fsp3) is 0.696. The van der Waals surface area contributed by atoms with Crippen LogP contribution in [0.15, 0.2) is 23.0 Å². The molecule has 0 saturated heterocycles. The molecule has 3 fully saturated rings. The van der Waals surface area contributed by atoms with Crippen LogP contribution in [-0.2, 0) is 19.1 Å². The van der Waals surface area contributed by atoms with Gasteiger partial charge in [0.15, 0.2) is 17.8 Å². The number of carbonyl (C=O) groups excluding carboxylic acids is 3. The van der Waals surface area contributed by atoms with Crippen LogP contribution in [0, 0.1) is 28.6 Å². The molecule has 0 aromatic rings. The number of carbonyl (C=O) groups is 3. The van der Waals surface area contributed by atoms with Crippen molar-refractivity contribution in [3.63, 3.8) is 0 Å². The van der Waals surface area contributed by atoms with Gasteiger partial charge < -0.3 is 9.84 Å². The summed E-state index contributed by atoms with van der Waals surface area (Å²) in [4.78, 5) is 35.3. The molecular formula is C23H30O5. The molecule has 4 aliphatic rings.